The van der Waals surface area contributed by atoms with E-state index in [1.54, 1.807) is 7.11 Å². The molecule has 1 fully saturated rings. The molecule has 6 heteroatoms. The minimum absolute atomic E-state index is 0.154. The molecule has 0 bridgehead atoms. The standard InChI is InChI=1S/C26H31N3O3/c1-18(2)20-6-10-24(11-7-20)32-17-22-15-25(28-27-22)21-12-13-29(16-21)26(30)14-19-4-8-23(31-3)9-5-19/h4-11,15,18,21H,12-14,16-17H2,1-3H3,(H,27,28). The second-order valence-corrected chi connectivity index (χ2v) is 8.68. The van der Waals surface area contributed by atoms with Gasteiger partial charge in [-0.2, -0.15) is 5.10 Å². The normalized spacial score (nSPS) is 15.9. The van der Waals surface area contributed by atoms with Gasteiger partial charge in [0.05, 0.1) is 24.9 Å². The number of aromatic nitrogens is 2. The molecule has 1 aromatic heterocycles. The number of amides is 1. The molecule has 0 saturated carbocycles. The third kappa shape index (κ3) is 5.31. The first-order valence-corrected chi connectivity index (χ1v) is 11.2. The Morgan fingerprint density at radius 3 is 2.53 bits per heavy atom. The number of benzene rings is 2. The van der Waals surface area contributed by atoms with Gasteiger partial charge in [0, 0.05) is 19.0 Å². The van der Waals surface area contributed by atoms with E-state index < -0.39 is 0 Å². The fourth-order valence-corrected chi connectivity index (χ4v) is 4.03. The summed E-state index contributed by atoms with van der Waals surface area (Å²) in [5, 5.41) is 7.57. The summed E-state index contributed by atoms with van der Waals surface area (Å²) in [7, 11) is 1.64. The van der Waals surface area contributed by atoms with Crippen LogP contribution in [0.25, 0.3) is 0 Å². The number of methoxy groups -OCH3 is 1. The van der Waals surface area contributed by atoms with Gasteiger partial charge < -0.3 is 14.4 Å². The largest absolute Gasteiger partial charge is 0.497 e. The van der Waals surface area contributed by atoms with Crippen molar-refractivity contribution in [1.82, 2.24) is 15.1 Å². The van der Waals surface area contributed by atoms with Crippen LogP contribution < -0.4 is 9.47 Å². The highest BCUT2D eigenvalue weighted by molar-refractivity contribution is 5.79. The molecule has 1 unspecified atom stereocenters. The van der Waals surface area contributed by atoms with Gasteiger partial charge in [-0.25, -0.2) is 0 Å². The van der Waals surface area contributed by atoms with Gasteiger partial charge >= 0.3 is 0 Å². The molecule has 2 aromatic carbocycles. The zero-order valence-electron chi connectivity index (χ0n) is 19.0. The SMILES string of the molecule is COc1ccc(CC(=O)N2CCC(c3cc(COc4ccc(C(C)C)cc4)[nH]n3)C2)cc1. The Hall–Kier alpha value is -3.28. The van der Waals surface area contributed by atoms with Crippen LogP contribution in [0.15, 0.2) is 54.6 Å². The highest BCUT2D eigenvalue weighted by atomic mass is 16.5. The molecule has 4 rings (SSSR count). The zero-order chi connectivity index (χ0) is 22.5. The molecule has 0 aliphatic carbocycles. The van der Waals surface area contributed by atoms with Gasteiger partial charge in [0.15, 0.2) is 0 Å². The Labute approximate surface area is 189 Å². The third-order valence-electron chi connectivity index (χ3n) is 6.07. The molecule has 3 aromatic rings. The summed E-state index contributed by atoms with van der Waals surface area (Å²) >= 11 is 0. The highest BCUT2D eigenvalue weighted by Gasteiger charge is 2.28. The molecule has 0 radical (unpaired) electrons. The fourth-order valence-electron chi connectivity index (χ4n) is 4.03. The van der Waals surface area contributed by atoms with Gasteiger partial charge in [0.1, 0.15) is 18.1 Å². The Morgan fingerprint density at radius 2 is 1.84 bits per heavy atom. The molecular formula is C26H31N3O3. The van der Waals surface area contributed by atoms with Crippen molar-refractivity contribution in [3.63, 3.8) is 0 Å². The monoisotopic (exact) mass is 433 g/mol. The number of H-pyrrole nitrogens is 1. The maximum absolute atomic E-state index is 12.7. The number of nitrogens with one attached hydrogen (secondary N) is 1. The average Bonchev–Trinajstić information content (AvgIpc) is 3.48. The number of rotatable bonds is 8. The maximum atomic E-state index is 12.7. The molecule has 1 N–H and O–H groups in total. The summed E-state index contributed by atoms with van der Waals surface area (Å²) in [6.07, 6.45) is 1.34. The molecule has 6 nitrogen and oxygen atoms in total. The van der Waals surface area contributed by atoms with Crippen LogP contribution in [0.2, 0.25) is 0 Å². The lowest BCUT2D eigenvalue weighted by Crippen LogP contribution is -2.29. The van der Waals surface area contributed by atoms with Gasteiger partial charge in [-0.05, 0) is 53.8 Å². The van der Waals surface area contributed by atoms with Gasteiger partial charge in [-0.15, -0.1) is 0 Å². The first-order valence-electron chi connectivity index (χ1n) is 11.2. The van der Waals surface area contributed by atoms with Crippen LogP contribution in [0.3, 0.4) is 0 Å². The number of hydrogen-bond donors (Lipinski definition) is 1. The van der Waals surface area contributed by atoms with Gasteiger partial charge in [0.2, 0.25) is 5.91 Å². The number of ether oxygens (including phenoxy) is 2. The van der Waals surface area contributed by atoms with Crippen LogP contribution >= 0.6 is 0 Å². The number of aromatic amines is 1. The second kappa shape index (κ2) is 9.90. The summed E-state index contributed by atoms with van der Waals surface area (Å²) in [6, 6.07) is 18.0. The molecule has 168 valence electrons. The second-order valence-electron chi connectivity index (χ2n) is 8.68. The van der Waals surface area contributed by atoms with Crippen molar-refractivity contribution in [1.29, 1.82) is 0 Å². The lowest BCUT2D eigenvalue weighted by molar-refractivity contribution is -0.129. The average molecular weight is 434 g/mol. The number of likely N-dealkylation sites (tertiary alicyclic amines) is 1. The predicted molar refractivity (Wildman–Crippen MR) is 124 cm³/mol. The summed E-state index contributed by atoms with van der Waals surface area (Å²) in [5.41, 5.74) is 4.24. The summed E-state index contributed by atoms with van der Waals surface area (Å²) in [6.45, 7) is 6.27. The van der Waals surface area contributed by atoms with Crippen molar-refractivity contribution >= 4 is 5.91 Å². The van der Waals surface area contributed by atoms with Gasteiger partial charge in [-0.3, -0.25) is 9.89 Å². The van der Waals surface area contributed by atoms with E-state index in [1.165, 1.54) is 5.56 Å². The summed E-state index contributed by atoms with van der Waals surface area (Å²) in [4.78, 5) is 14.7. The minimum Gasteiger partial charge on any atom is -0.497 e. The third-order valence-corrected chi connectivity index (χ3v) is 6.07. The first kappa shape index (κ1) is 21.9. The topological polar surface area (TPSA) is 67.4 Å². The van der Waals surface area contributed by atoms with E-state index in [1.807, 2.05) is 41.3 Å². The fraction of sp³-hybridized carbons (Fsp3) is 0.385. The molecule has 1 aliphatic heterocycles. The Kier molecular flexibility index (Phi) is 6.78. The van der Waals surface area contributed by atoms with E-state index in [-0.39, 0.29) is 11.8 Å². The Bertz CT molecular complexity index is 1030. The molecule has 1 atom stereocenters. The molecule has 1 saturated heterocycles. The number of nitrogens with zero attached hydrogens (tertiary/aromatic N) is 2. The van der Waals surface area contributed by atoms with Crippen molar-refractivity contribution in [2.24, 2.45) is 0 Å². The van der Waals surface area contributed by atoms with Crippen LogP contribution in [0.5, 0.6) is 11.5 Å². The Morgan fingerprint density at radius 1 is 1.12 bits per heavy atom. The first-order chi connectivity index (χ1) is 15.5. The number of carbonyl (C=O) groups excluding carboxylic acids is 1. The van der Waals surface area contributed by atoms with E-state index in [2.05, 4.69) is 42.2 Å². The van der Waals surface area contributed by atoms with Crippen LogP contribution in [0.1, 0.15) is 54.6 Å². The Balaban J connectivity index is 1.28. The van der Waals surface area contributed by atoms with Crippen molar-refractivity contribution in [2.45, 2.75) is 45.1 Å². The number of carbonyl (C=O) groups is 1. The molecular weight excluding hydrogens is 402 g/mol. The van der Waals surface area contributed by atoms with Crippen LogP contribution in [-0.2, 0) is 17.8 Å². The molecule has 2 heterocycles. The zero-order valence-corrected chi connectivity index (χ0v) is 19.0. The highest BCUT2D eigenvalue weighted by Crippen LogP contribution is 2.27. The van der Waals surface area contributed by atoms with Crippen LogP contribution in [-0.4, -0.2) is 41.2 Å². The predicted octanol–water partition coefficient (Wildman–Crippen LogP) is 4.68. The van der Waals surface area contributed by atoms with Crippen molar-refractivity contribution in [3.05, 3.63) is 77.1 Å². The molecule has 1 aliphatic rings. The van der Waals surface area contributed by atoms with E-state index in [4.69, 9.17) is 9.47 Å². The summed E-state index contributed by atoms with van der Waals surface area (Å²) in [5.74, 6) is 2.56. The number of hydrogen-bond acceptors (Lipinski definition) is 4. The van der Waals surface area contributed by atoms with Crippen LogP contribution in [0, 0.1) is 0 Å². The van der Waals surface area contributed by atoms with E-state index >= 15 is 0 Å². The summed E-state index contributed by atoms with van der Waals surface area (Å²) < 4.78 is 11.1. The smallest absolute Gasteiger partial charge is 0.227 e. The quantitative estimate of drug-likeness (QED) is 0.560. The maximum Gasteiger partial charge on any atom is 0.227 e. The van der Waals surface area contributed by atoms with Crippen molar-refractivity contribution in [2.75, 3.05) is 20.2 Å². The minimum atomic E-state index is 0.154. The van der Waals surface area contributed by atoms with E-state index in [0.717, 1.165) is 41.4 Å². The van der Waals surface area contributed by atoms with E-state index in [9.17, 15) is 4.79 Å². The molecule has 32 heavy (non-hydrogen) atoms. The van der Waals surface area contributed by atoms with E-state index in [0.29, 0.717) is 25.5 Å². The lowest BCUT2D eigenvalue weighted by atomic mass is 10.0. The van der Waals surface area contributed by atoms with Crippen molar-refractivity contribution < 1.29 is 14.3 Å². The van der Waals surface area contributed by atoms with Gasteiger partial charge in [0.25, 0.3) is 0 Å². The lowest BCUT2D eigenvalue weighted by Gasteiger charge is -2.16. The molecule has 0 spiro atoms. The van der Waals surface area contributed by atoms with Gasteiger partial charge in [-0.1, -0.05) is 38.1 Å². The molecule has 1 amide bonds. The van der Waals surface area contributed by atoms with Crippen molar-refractivity contribution in [3.8, 4) is 11.5 Å². The van der Waals surface area contributed by atoms with Crippen LogP contribution in [0.4, 0.5) is 0 Å².